The molecule has 1 aromatic rings. The van der Waals surface area contributed by atoms with Crippen molar-refractivity contribution in [1.82, 2.24) is 9.88 Å². The second-order valence-electron chi connectivity index (χ2n) is 4.77. The van der Waals surface area contributed by atoms with Crippen molar-refractivity contribution in [3.8, 4) is 0 Å². The zero-order chi connectivity index (χ0) is 14.0. The minimum absolute atomic E-state index is 0.168. The number of urea groups is 1. The molecular weight excluding hydrogens is 242 g/mol. The van der Waals surface area contributed by atoms with E-state index < -0.39 is 0 Å². The van der Waals surface area contributed by atoms with Gasteiger partial charge in [0.1, 0.15) is 11.9 Å². The van der Waals surface area contributed by atoms with E-state index >= 15 is 0 Å². The lowest BCUT2D eigenvalue weighted by atomic mass is 10.2. The number of aromatic nitrogens is 1. The highest BCUT2D eigenvalue weighted by atomic mass is 16.2. The van der Waals surface area contributed by atoms with Crippen LogP contribution in [0, 0.1) is 6.92 Å². The van der Waals surface area contributed by atoms with Gasteiger partial charge in [0.2, 0.25) is 0 Å². The largest absolute Gasteiger partial charge is 0.333 e. The van der Waals surface area contributed by atoms with Crippen molar-refractivity contribution in [3.63, 3.8) is 0 Å². The fraction of sp³-hybridized carbons (Fsp3) is 0.500. The van der Waals surface area contributed by atoms with E-state index in [1.807, 2.05) is 26.8 Å². The summed E-state index contributed by atoms with van der Waals surface area (Å²) < 4.78 is 0. The average molecular weight is 261 g/mol. The summed E-state index contributed by atoms with van der Waals surface area (Å²) >= 11 is 0. The van der Waals surface area contributed by atoms with E-state index in [0.717, 1.165) is 12.0 Å². The highest BCUT2D eigenvalue weighted by Crippen LogP contribution is 2.25. The molecule has 0 bridgehead atoms. The first-order chi connectivity index (χ1) is 9.10. The highest BCUT2D eigenvalue weighted by molar-refractivity contribution is 6.20. The molecule has 0 aromatic carbocycles. The Labute approximate surface area is 113 Å². The molecule has 19 heavy (non-hydrogen) atoms. The lowest BCUT2D eigenvalue weighted by molar-refractivity contribution is -0.119. The third-order valence-electron chi connectivity index (χ3n) is 3.30. The summed E-state index contributed by atoms with van der Waals surface area (Å²) in [6.07, 6.45) is 3.09. The third-order valence-corrected chi connectivity index (χ3v) is 3.30. The van der Waals surface area contributed by atoms with Gasteiger partial charge < -0.3 is 4.90 Å². The standard InChI is InChI=1S/C14H19N3O2/c1-4-8-16-11(5-2)13(18)17(14(16)19)12-9-10(3)6-7-15-12/h6-7,9,11H,4-5,8H2,1-3H3/t11-/m0/s1. The predicted molar refractivity (Wildman–Crippen MR) is 72.9 cm³/mol. The van der Waals surface area contributed by atoms with E-state index in [9.17, 15) is 9.59 Å². The Morgan fingerprint density at radius 3 is 2.63 bits per heavy atom. The lowest BCUT2D eigenvalue weighted by Gasteiger charge is -2.19. The van der Waals surface area contributed by atoms with Crippen LogP contribution < -0.4 is 4.90 Å². The molecule has 3 amide bonds. The maximum Gasteiger partial charge on any atom is 0.333 e. The van der Waals surface area contributed by atoms with Gasteiger partial charge in [0, 0.05) is 12.7 Å². The molecule has 5 nitrogen and oxygen atoms in total. The van der Waals surface area contributed by atoms with Crippen molar-refractivity contribution in [1.29, 1.82) is 0 Å². The van der Waals surface area contributed by atoms with Gasteiger partial charge in [-0.1, -0.05) is 13.8 Å². The van der Waals surface area contributed by atoms with Crippen LogP contribution in [-0.2, 0) is 4.79 Å². The number of imide groups is 1. The van der Waals surface area contributed by atoms with Gasteiger partial charge in [-0.3, -0.25) is 4.79 Å². The molecule has 1 aromatic heterocycles. The summed E-state index contributed by atoms with van der Waals surface area (Å²) in [7, 11) is 0. The summed E-state index contributed by atoms with van der Waals surface area (Å²) in [5.41, 5.74) is 0.979. The Morgan fingerprint density at radius 2 is 2.05 bits per heavy atom. The Hall–Kier alpha value is -1.91. The van der Waals surface area contributed by atoms with E-state index in [2.05, 4.69) is 4.98 Å². The number of amides is 3. The van der Waals surface area contributed by atoms with Gasteiger partial charge in [-0.15, -0.1) is 0 Å². The number of anilines is 1. The van der Waals surface area contributed by atoms with Crippen LogP contribution in [0.4, 0.5) is 10.6 Å². The summed E-state index contributed by atoms with van der Waals surface area (Å²) in [5, 5.41) is 0. The maximum absolute atomic E-state index is 12.4. The quantitative estimate of drug-likeness (QED) is 0.782. The Morgan fingerprint density at radius 1 is 1.32 bits per heavy atom. The number of aryl methyl sites for hydroxylation is 1. The topological polar surface area (TPSA) is 53.5 Å². The molecule has 0 spiro atoms. The van der Waals surface area contributed by atoms with Crippen LogP contribution in [0.25, 0.3) is 0 Å². The van der Waals surface area contributed by atoms with Crippen LogP contribution in [0.3, 0.4) is 0 Å². The first kappa shape index (κ1) is 13.5. The SMILES string of the molecule is CCCN1C(=O)N(c2cc(C)ccn2)C(=O)[C@@H]1CC. The van der Waals surface area contributed by atoms with E-state index in [4.69, 9.17) is 0 Å². The van der Waals surface area contributed by atoms with Crippen LogP contribution in [0.2, 0.25) is 0 Å². The fourth-order valence-electron chi connectivity index (χ4n) is 2.38. The third kappa shape index (κ3) is 2.32. The number of carbonyl (C=O) groups is 2. The number of nitrogens with zero attached hydrogens (tertiary/aromatic N) is 3. The summed E-state index contributed by atoms with van der Waals surface area (Å²) in [6, 6.07) is 3.00. The van der Waals surface area contributed by atoms with Crippen molar-refractivity contribution in [3.05, 3.63) is 23.9 Å². The molecule has 1 aliphatic rings. The van der Waals surface area contributed by atoms with Crippen molar-refractivity contribution in [2.24, 2.45) is 0 Å². The smallest absolute Gasteiger partial charge is 0.312 e. The van der Waals surface area contributed by atoms with Crippen LogP contribution in [0.15, 0.2) is 18.3 Å². The van der Waals surface area contributed by atoms with Gasteiger partial charge in [0.25, 0.3) is 5.91 Å². The first-order valence-corrected chi connectivity index (χ1v) is 6.67. The van der Waals surface area contributed by atoms with E-state index in [0.29, 0.717) is 18.8 Å². The molecule has 5 heteroatoms. The molecule has 1 saturated heterocycles. The second-order valence-corrected chi connectivity index (χ2v) is 4.77. The van der Waals surface area contributed by atoms with Gasteiger partial charge in [-0.2, -0.15) is 0 Å². The first-order valence-electron chi connectivity index (χ1n) is 6.67. The molecule has 1 atom stereocenters. The van der Waals surface area contributed by atoms with Crippen molar-refractivity contribution >= 4 is 17.8 Å². The summed E-state index contributed by atoms with van der Waals surface area (Å²) in [4.78, 5) is 31.7. The average Bonchev–Trinajstić information content (AvgIpc) is 2.61. The molecular formula is C14H19N3O2. The molecule has 0 unspecified atom stereocenters. The van der Waals surface area contributed by atoms with Crippen LogP contribution in [-0.4, -0.2) is 34.4 Å². The molecule has 1 aliphatic heterocycles. The van der Waals surface area contributed by atoms with E-state index in [-0.39, 0.29) is 18.0 Å². The Bertz CT molecular complexity index is 501. The molecule has 0 N–H and O–H groups in total. The zero-order valence-electron chi connectivity index (χ0n) is 11.6. The summed E-state index contributed by atoms with van der Waals surface area (Å²) in [6.45, 7) is 6.44. The van der Waals surface area contributed by atoms with Gasteiger partial charge in [0.15, 0.2) is 0 Å². The number of carbonyl (C=O) groups excluding carboxylic acids is 2. The number of hydrogen-bond donors (Lipinski definition) is 0. The van der Waals surface area contributed by atoms with E-state index in [1.54, 1.807) is 17.2 Å². The van der Waals surface area contributed by atoms with Crippen molar-refractivity contribution in [2.45, 2.75) is 39.7 Å². The monoisotopic (exact) mass is 261 g/mol. The Balaban J connectivity index is 2.36. The van der Waals surface area contributed by atoms with Gasteiger partial charge in [-0.25, -0.2) is 14.7 Å². The van der Waals surface area contributed by atoms with Crippen molar-refractivity contribution < 1.29 is 9.59 Å². The number of pyridine rings is 1. The number of hydrogen-bond acceptors (Lipinski definition) is 3. The predicted octanol–water partition coefficient (Wildman–Crippen LogP) is 2.35. The minimum Gasteiger partial charge on any atom is -0.312 e. The van der Waals surface area contributed by atoms with Crippen molar-refractivity contribution in [2.75, 3.05) is 11.4 Å². The van der Waals surface area contributed by atoms with Crippen LogP contribution in [0.1, 0.15) is 32.3 Å². The molecule has 0 saturated carbocycles. The molecule has 2 rings (SSSR count). The molecule has 2 heterocycles. The fourth-order valence-corrected chi connectivity index (χ4v) is 2.38. The van der Waals surface area contributed by atoms with Gasteiger partial charge >= 0.3 is 6.03 Å². The van der Waals surface area contributed by atoms with Crippen LogP contribution >= 0.6 is 0 Å². The Kier molecular flexibility index (Phi) is 3.83. The zero-order valence-corrected chi connectivity index (χ0v) is 11.6. The molecule has 1 fully saturated rings. The van der Waals surface area contributed by atoms with E-state index in [1.165, 1.54) is 4.90 Å². The number of rotatable bonds is 4. The molecule has 0 aliphatic carbocycles. The molecule has 0 radical (unpaired) electrons. The van der Waals surface area contributed by atoms with Crippen LogP contribution in [0.5, 0.6) is 0 Å². The highest BCUT2D eigenvalue weighted by Gasteiger charge is 2.44. The lowest BCUT2D eigenvalue weighted by Crippen LogP contribution is -2.35. The normalized spacial score (nSPS) is 19.4. The molecule has 102 valence electrons. The maximum atomic E-state index is 12.4. The van der Waals surface area contributed by atoms with Gasteiger partial charge in [0.05, 0.1) is 0 Å². The summed E-state index contributed by atoms with van der Waals surface area (Å²) in [5.74, 6) is 0.256. The minimum atomic E-state index is -0.352. The second kappa shape index (κ2) is 5.38. The van der Waals surface area contributed by atoms with Gasteiger partial charge in [-0.05, 0) is 37.5 Å².